The summed E-state index contributed by atoms with van der Waals surface area (Å²) in [6.07, 6.45) is 0. The summed E-state index contributed by atoms with van der Waals surface area (Å²) >= 11 is 1.39. The van der Waals surface area contributed by atoms with Crippen LogP contribution in [-0.4, -0.2) is 30.2 Å². The molecule has 5 heteroatoms. The first-order valence-electron chi connectivity index (χ1n) is 4.40. The maximum atomic E-state index is 11.0. The van der Waals surface area contributed by atoms with Crippen molar-refractivity contribution in [2.45, 2.75) is 0 Å². The van der Waals surface area contributed by atoms with E-state index in [-0.39, 0.29) is 0 Å². The number of benzene rings is 1. The molecule has 2 aromatic rings. The molecule has 15 heavy (non-hydrogen) atoms. The SMILES string of the molecule is CN(C)c1nc2cccc(C(=O)O)c2s1. The standard InChI is InChI=1S/C10H10N2O2S/c1-12(2)10-11-7-5-3-4-6(9(13)14)8(7)15-10/h3-5H,1-2H3,(H,13,14). The number of hydrogen-bond acceptors (Lipinski definition) is 4. The van der Waals surface area contributed by atoms with Crippen LogP contribution in [0.5, 0.6) is 0 Å². The Hall–Kier alpha value is -1.62. The third-order valence-corrected chi connectivity index (χ3v) is 3.29. The van der Waals surface area contributed by atoms with Crippen molar-refractivity contribution in [2.75, 3.05) is 19.0 Å². The molecule has 0 aliphatic heterocycles. The third kappa shape index (κ3) is 1.66. The lowest BCUT2D eigenvalue weighted by Gasteiger charge is -2.04. The van der Waals surface area contributed by atoms with Crippen LogP contribution in [0.25, 0.3) is 10.2 Å². The zero-order valence-corrected chi connectivity index (χ0v) is 9.21. The Kier molecular flexibility index (Phi) is 2.32. The van der Waals surface area contributed by atoms with Gasteiger partial charge in [0, 0.05) is 14.1 Å². The van der Waals surface area contributed by atoms with Crippen molar-refractivity contribution in [2.24, 2.45) is 0 Å². The van der Waals surface area contributed by atoms with Crippen LogP contribution in [0.2, 0.25) is 0 Å². The van der Waals surface area contributed by atoms with Crippen LogP contribution in [0.15, 0.2) is 18.2 Å². The lowest BCUT2D eigenvalue weighted by molar-refractivity contribution is 0.0699. The number of carboxylic acid groups (broad SMARTS) is 1. The molecule has 0 fully saturated rings. The van der Waals surface area contributed by atoms with E-state index in [2.05, 4.69) is 4.98 Å². The zero-order chi connectivity index (χ0) is 11.0. The van der Waals surface area contributed by atoms with Gasteiger partial charge in [-0.15, -0.1) is 0 Å². The second kappa shape index (κ2) is 3.51. The van der Waals surface area contributed by atoms with E-state index in [9.17, 15) is 4.79 Å². The van der Waals surface area contributed by atoms with Gasteiger partial charge in [-0.3, -0.25) is 0 Å². The average molecular weight is 222 g/mol. The summed E-state index contributed by atoms with van der Waals surface area (Å²) in [6, 6.07) is 5.14. The average Bonchev–Trinajstić information content (AvgIpc) is 2.60. The first kappa shape index (κ1) is 9.92. The smallest absolute Gasteiger partial charge is 0.337 e. The van der Waals surface area contributed by atoms with Gasteiger partial charge < -0.3 is 10.0 Å². The highest BCUT2D eigenvalue weighted by Crippen LogP contribution is 2.30. The summed E-state index contributed by atoms with van der Waals surface area (Å²) in [5, 5.41) is 9.81. The molecule has 1 N–H and O–H groups in total. The summed E-state index contributed by atoms with van der Waals surface area (Å²) < 4.78 is 0.730. The summed E-state index contributed by atoms with van der Waals surface area (Å²) in [6.45, 7) is 0. The summed E-state index contributed by atoms with van der Waals surface area (Å²) in [5.41, 5.74) is 1.06. The Morgan fingerprint density at radius 3 is 2.80 bits per heavy atom. The second-order valence-electron chi connectivity index (χ2n) is 3.35. The highest BCUT2D eigenvalue weighted by atomic mass is 32.1. The molecule has 2 rings (SSSR count). The van der Waals surface area contributed by atoms with Gasteiger partial charge in [0.25, 0.3) is 0 Å². The molecule has 0 unspecified atom stereocenters. The van der Waals surface area contributed by atoms with Gasteiger partial charge in [-0.2, -0.15) is 0 Å². The van der Waals surface area contributed by atoms with Gasteiger partial charge >= 0.3 is 5.97 Å². The van der Waals surface area contributed by atoms with Gasteiger partial charge in [0.1, 0.15) is 0 Å². The Labute approximate surface area is 90.8 Å². The van der Waals surface area contributed by atoms with Crippen molar-refractivity contribution in [3.63, 3.8) is 0 Å². The van der Waals surface area contributed by atoms with E-state index in [1.165, 1.54) is 11.3 Å². The van der Waals surface area contributed by atoms with E-state index >= 15 is 0 Å². The molecular weight excluding hydrogens is 212 g/mol. The van der Waals surface area contributed by atoms with Crippen LogP contribution in [0.3, 0.4) is 0 Å². The number of anilines is 1. The van der Waals surface area contributed by atoms with Crippen molar-refractivity contribution >= 4 is 32.7 Å². The lowest BCUT2D eigenvalue weighted by atomic mass is 10.2. The van der Waals surface area contributed by atoms with Gasteiger partial charge in [-0.25, -0.2) is 9.78 Å². The van der Waals surface area contributed by atoms with E-state index < -0.39 is 5.97 Å². The van der Waals surface area contributed by atoms with Crippen LogP contribution >= 0.6 is 11.3 Å². The molecule has 0 amide bonds. The molecule has 0 aliphatic rings. The monoisotopic (exact) mass is 222 g/mol. The molecule has 1 aromatic carbocycles. The lowest BCUT2D eigenvalue weighted by Crippen LogP contribution is -2.07. The normalized spacial score (nSPS) is 10.5. The minimum absolute atomic E-state index is 0.318. The van der Waals surface area contributed by atoms with E-state index in [0.717, 1.165) is 15.3 Å². The number of nitrogens with zero attached hydrogens (tertiary/aromatic N) is 2. The fourth-order valence-corrected chi connectivity index (χ4v) is 2.29. The molecule has 0 atom stereocenters. The van der Waals surface area contributed by atoms with Crippen molar-refractivity contribution in [3.05, 3.63) is 23.8 Å². The Balaban J connectivity index is 2.70. The molecule has 0 saturated carbocycles. The maximum absolute atomic E-state index is 11.0. The number of hydrogen-bond donors (Lipinski definition) is 1. The van der Waals surface area contributed by atoms with E-state index in [1.807, 2.05) is 25.1 Å². The predicted molar refractivity (Wildman–Crippen MR) is 60.9 cm³/mol. The van der Waals surface area contributed by atoms with Crippen molar-refractivity contribution in [1.29, 1.82) is 0 Å². The van der Waals surface area contributed by atoms with Crippen LogP contribution in [-0.2, 0) is 0 Å². The van der Waals surface area contributed by atoms with Crippen LogP contribution < -0.4 is 4.90 Å². The van der Waals surface area contributed by atoms with Crippen molar-refractivity contribution < 1.29 is 9.90 Å². The molecule has 0 aliphatic carbocycles. The maximum Gasteiger partial charge on any atom is 0.337 e. The van der Waals surface area contributed by atoms with Gasteiger partial charge in [0.05, 0.1) is 15.8 Å². The van der Waals surface area contributed by atoms with Gasteiger partial charge in [0.15, 0.2) is 5.13 Å². The largest absolute Gasteiger partial charge is 0.478 e. The van der Waals surface area contributed by atoms with Crippen molar-refractivity contribution in [3.8, 4) is 0 Å². The number of thiazole rings is 1. The van der Waals surface area contributed by atoms with Crippen LogP contribution in [0.1, 0.15) is 10.4 Å². The molecule has 4 nitrogen and oxygen atoms in total. The molecule has 0 bridgehead atoms. The quantitative estimate of drug-likeness (QED) is 0.845. The van der Waals surface area contributed by atoms with E-state index in [0.29, 0.717) is 5.56 Å². The molecular formula is C10H10N2O2S. The summed E-state index contributed by atoms with van der Waals surface area (Å²) in [5.74, 6) is -0.908. The van der Waals surface area contributed by atoms with Gasteiger partial charge in [-0.05, 0) is 12.1 Å². The topological polar surface area (TPSA) is 53.4 Å². The first-order chi connectivity index (χ1) is 7.09. The molecule has 0 saturated heterocycles. The molecule has 0 radical (unpaired) electrons. The molecule has 0 spiro atoms. The Morgan fingerprint density at radius 2 is 2.20 bits per heavy atom. The fourth-order valence-electron chi connectivity index (χ4n) is 1.30. The molecule has 1 heterocycles. The number of carboxylic acids is 1. The zero-order valence-electron chi connectivity index (χ0n) is 8.39. The number of carbonyl (C=O) groups is 1. The number of rotatable bonds is 2. The third-order valence-electron chi connectivity index (χ3n) is 2.02. The Bertz CT molecular complexity index is 519. The number of aromatic nitrogens is 1. The van der Waals surface area contributed by atoms with Gasteiger partial charge in [0.2, 0.25) is 0 Å². The molecule has 1 aromatic heterocycles. The first-order valence-corrected chi connectivity index (χ1v) is 5.21. The predicted octanol–water partition coefficient (Wildman–Crippen LogP) is 2.06. The second-order valence-corrected chi connectivity index (χ2v) is 4.33. The Morgan fingerprint density at radius 1 is 1.47 bits per heavy atom. The fraction of sp³-hybridized carbons (Fsp3) is 0.200. The highest BCUT2D eigenvalue weighted by Gasteiger charge is 2.13. The summed E-state index contributed by atoms with van der Waals surface area (Å²) in [4.78, 5) is 17.2. The van der Waals surface area contributed by atoms with Crippen molar-refractivity contribution in [1.82, 2.24) is 4.98 Å². The minimum Gasteiger partial charge on any atom is -0.478 e. The summed E-state index contributed by atoms with van der Waals surface area (Å²) in [7, 11) is 3.77. The van der Waals surface area contributed by atoms with E-state index in [1.54, 1.807) is 12.1 Å². The number of aromatic carboxylic acids is 1. The number of fused-ring (bicyclic) bond motifs is 1. The molecule has 78 valence electrons. The van der Waals surface area contributed by atoms with E-state index in [4.69, 9.17) is 5.11 Å². The minimum atomic E-state index is -0.908. The van der Waals surface area contributed by atoms with Gasteiger partial charge in [-0.1, -0.05) is 17.4 Å². The van der Waals surface area contributed by atoms with Crippen LogP contribution in [0.4, 0.5) is 5.13 Å². The van der Waals surface area contributed by atoms with Crippen LogP contribution in [0, 0.1) is 0 Å². The highest BCUT2D eigenvalue weighted by molar-refractivity contribution is 7.22.